The van der Waals surface area contributed by atoms with Gasteiger partial charge in [0, 0.05) is 21.7 Å². The molecular weight excluding hydrogens is 548 g/mol. The highest BCUT2D eigenvalue weighted by atomic mass is 127. The van der Waals surface area contributed by atoms with Crippen molar-refractivity contribution in [2.45, 2.75) is 39.4 Å². The molecule has 0 saturated heterocycles. The van der Waals surface area contributed by atoms with Crippen LogP contribution in [0.5, 0.6) is 0 Å². The Morgan fingerprint density at radius 1 is 1.06 bits per heavy atom. The van der Waals surface area contributed by atoms with E-state index in [0.29, 0.717) is 5.69 Å². The van der Waals surface area contributed by atoms with Crippen molar-refractivity contribution in [3.05, 3.63) is 63.5 Å². The standard InChI is InChI=1S/C22H27FIN3O4S/c1-15(2)25-22(29)16(3)26(13-17-7-5-6-8-20(17)23)21(28)14-27(32(4,30)31)19-11-9-18(24)10-12-19/h5-12,15-16H,13-14H2,1-4H3,(H,25,29)/t16-/m0/s1. The molecule has 0 bridgehead atoms. The summed E-state index contributed by atoms with van der Waals surface area (Å²) >= 11 is 2.09. The lowest BCUT2D eigenvalue weighted by Gasteiger charge is -2.32. The number of anilines is 1. The molecular formula is C22H27FIN3O4S. The van der Waals surface area contributed by atoms with Crippen LogP contribution in [0.3, 0.4) is 0 Å². The van der Waals surface area contributed by atoms with Crippen LogP contribution in [0.25, 0.3) is 0 Å². The van der Waals surface area contributed by atoms with E-state index in [9.17, 15) is 22.4 Å². The zero-order valence-corrected chi connectivity index (χ0v) is 21.4. The summed E-state index contributed by atoms with van der Waals surface area (Å²) in [6.45, 7) is 4.41. The number of hydrogen-bond acceptors (Lipinski definition) is 4. The van der Waals surface area contributed by atoms with Crippen LogP contribution in [0.2, 0.25) is 0 Å². The Morgan fingerprint density at radius 3 is 2.19 bits per heavy atom. The average molecular weight is 575 g/mol. The summed E-state index contributed by atoms with van der Waals surface area (Å²) in [6.07, 6.45) is 1.01. The minimum atomic E-state index is -3.80. The molecule has 0 aliphatic rings. The lowest BCUT2D eigenvalue weighted by molar-refractivity contribution is -0.139. The SMILES string of the molecule is CC(C)NC(=O)[C@H](C)N(Cc1ccccc1F)C(=O)CN(c1ccc(I)cc1)S(C)(=O)=O. The second kappa shape index (κ2) is 11.1. The summed E-state index contributed by atoms with van der Waals surface area (Å²) in [5.74, 6) is -1.55. The Labute approximate surface area is 202 Å². The summed E-state index contributed by atoms with van der Waals surface area (Å²) in [6, 6.07) is 11.5. The minimum absolute atomic E-state index is 0.158. The van der Waals surface area contributed by atoms with Gasteiger partial charge in [-0.2, -0.15) is 0 Å². The molecule has 2 aromatic carbocycles. The number of sulfonamides is 1. The third-order valence-corrected chi connectivity index (χ3v) is 6.55. The number of nitrogens with one attached hydrogen (secondary N) is 1. The smallest absolute Gasteiger partial charge is 0.244 e. The zero-order valence-electron chi connectivity index (χ0n) is 18.4. The third kappa shape index (κ3) is 7.16. The van der Waals surface area contributed by atoms with Crippen LogP contribution in [-0.2, 0) is 26.2 Å². The summed E-state index contributed by atoms with van der Waals surface area (Å²) in [7, 11) is -3.80. The molecule has 0 aromatic heterocycles. The highest BCUT2D eigenvalue weighted by Gasteiger charge is 2.30. The monoisotopic (exact) mass is 575 g/mol. The molecule has 2 amide bonds. The van der Waals surface area contributed by atoms with Gasteiger partial charge < -0.3 is 10.2 Å². The van der Waals surface area contributed by atoms with Crippen molar-refractivity contribution in [1.82, 2.24) is 10.2 Å². The Hall–Kier alpha value is -2.21. The molecule has 0 aliphatic carbocycles. The normalized spacial score (nSPS) is 12.3. The van der Waals surface area contributed by atoms with Crippen molar-refractivity contribution in [2.75, 3.05) is 17.1 Å². The van der Waals surface area contributed by atoms with Crippen molar-refractivity contribution in [3.63, 3.8) is 0 Å². The molecule has 1 atom stereocenters. The fraction of sp³-hybridized carbons (Fsp3) is 0.364. The van der Waals surface area contributed by atoms with E-state index in [1.807, 2.05) is 0 Å². The van der Waals surface area contributed by atoms with Crippen LogP contribution in [-0.4, -0.2) is 50.0 Å². The van der Waals surface area contributed by atoms with E-state index < -0.39 is 40.2 Å². The van der Waals surface area contributed by atoms with E-state index >= 15 is 0 Å². The predicted molar refractivity (Wildman–Crippen MR) is 131 cm³/mol. The molecule has 0 aliphatic heterocycles. The zero-order chi connectivity index (χ0) is 24.1. The summed E-state index contributed by atoms with van der Waals surface area (Å²) < 4.78 is 41.1. The number of rotatable bonds is 9. The average Bonchev–Trinajstić information content (AvgIpc) is 2.70. The fourth-order valence-electron chi connectivity index (χ4n) is 3.02. The third-order valence-electron chi connectivity index (χ3n) is 4.69. The lowest BCUT2D eigenvalue weighted by Crippen LogP contribution is -2.52. The molecule has 0 spiro atoms. The number of benzene rings is 2. The Bertz CT molecular complexity index is 1060. The Balaban J connectivity index is 2.39. The lowest BCUT2D eigenvalue weighted by atomic mass is 10.1. The van der Waals surface area contributed by atoms with Gasteiger partial charge in [0.25, 0.3) is 0 Å². The molecule has 7 nitrogen and oxygen atoms in total. The Kier molecular flexibility index (Phi) is 9.02. The highest BCUT2D eigenvalue weighted by molar-refractivity contribution is 14.1. The Morgan fingerprint density at radius 2 is 1.66 bits per heavy atom. The quantitative estimate of drug-likeness (QED) is 0.466. The predicted octanol–water partition coefficient (Wildman–Crippen LogP) is 3.14. The minimum Gasteiger partial charge on any atom is -0.352 e. The first-order valence-electron chi connectivity index (χ1n) is 9.96. The van der Waals surface area contributed by atoms with Crippen molar-refractivity contribution in [2.24, 2.45) is 0 Å². The first kappa shape index (κ1) is 26.0. The molecule has 0 saturated carbocycles. The van der Waals surface area contributed by atoms with Gasteiger partial charge in [0.2, 0.25) is 21.8 Å². The first-order chi connectivity index (χ1) is 14.9. The second-order valence-electron chi connectivity index (χ2n) is 7.70. The number of carbonyl (C=O) groups excluding carboxylic acids is 2. The molecule has 0 fully saturated rings. The van der Waals surface area contributed by atoms with Gasteiger partial charge >= 0.3 is 0 Å². The van der Waals surface area contributed by atoms with Crippen LogP contribution in [0.1, 0.15) is 26.3 Å². The van der Waals surface area contributed by atoms with Crippen LogP contribution in [0, 0.1) is 9.39 Å². The molecule has 2 aromatic rings. The van der Waals surface area contributed by atoms with E-state index in [-0.39, 0.29) is 18.2 Å². The van der Waals surface area contributed by atoms with E-state index in [1.165, 1.54) is 30.0 Å². The maximum atomic E-state index is 14.3. The van der Waals surface area contributed by atoms with Gasteiger partial charge in [-0.1, -0.05) is 18.2 Å². The molecule has 0 radical (unpaired) electrons. The number of nitrogens with zero attached hydrogens (tertiary/aromatic N) is 2. The van der Waals surface area contributed by atoms with Gasteiger partial charge in [-0.3, -0.25) is 13.9 Å². The van der Waals surface area contributed by atoms with Gasteiger partial charge in [-0.05, 0) is 73.7 Å². The number of amides is 2. The van der Waals surface area contributed by atoms with E-state index in [2.05, 4.69) is 27.9 Å². The molecule has 2 rings (SSSR count). The van der Waals surface area contributed by atoms with Gasteiger partial charge in [0.1, 0.15) is 18.4 Å². The molecule has 32 heavy (non-hydrogen) atoms. The molecule has 10 heteroatoms. The summed E-state index contributed by atoms with van der Waals surface area (Å²) in [5.41, 5.74) is 0.552. The van der Waals surface area contributed by atoms with Gasteiger partial charge in [0.15, 0.2) is 0 Å². The second-order valence-corrected chi connectivity index (χ2v) is 10.9. The van der Waals surface area contributed by atoms with Crippen LogP contribution in [0.4, 0.5) is 10.1 Å². The van der Waals surface area contributed by atoms with E-state index in [4.69, 9.17) is 0 Å². The first-order valence-corrected chi connectivity index (χ1v) is 12.9. The topological polar surface area (TPSA) is 86.8 Å². The largest absolute Gasteiger partial charge is 0.352 e. The van der Waals surface area contributed by atoms with Crippen molar-refractivity contribution in [3.8, 4) is 0 Å². The molecule has 1 N–H and O–H groups in total. The van der Waals surface area contributed by atoms with Crippen LogP contribution < -0.4 is 9.62 Å². The summed E-state index contributed by atoms with van der Waals surface area (Å²) in [4.78, 5) is 27.1. The van der Waals surface area contributed by atoms with Crippen LogP contribution in [0.15, 0.2) is 48.5 Å². The van der Waals surface area contributed by atoms with E-state index in [1.54, 1.807) is 44.2 Å². The maximum absolute atomic E-state index is 14.3. The number of carbonyl (C=O) groups is 2. The fourth-order valence-corrected chi connectivity index (χ4v) is 4.23. The summed E-state index contributed by atoms with van der Waals surface area (Å²) in [5, 5.41) is 2.74. The molecule has 174 valence electrons. The molecule has 0 unspecified atom stereocenters. The van der Waals surface area contributed by atoms with Crippen molar-refractivity contribution in [1.29, 1.82) is 0 Å². The van der Waals surface area contributed by atoms with Gasteiger partial charge in [-0.15, -0.1) is 0 Å². The van der Waals surface area contributed by atoms with Crippen LogP contribution >= 0.6 is 22.6 Å². The number of hydrogen-bond donors (Lipinski definition) is 1. The van der Waals surface area contributed by atoms with Gasteiger partial charge in [-0.25, -0.2) is 12.8 Å². The van der Waals surface area contributed by atoms with E-state index in [0.717, 1.165) is 14.1 Å². The van der Waals surface area contributed by atoms with Crippen molar-refractivity contribution < 1.29 is 22.4 Å². The highest BCUT2D eigenvalue weighted by Crippen LogP contribution is 2.21. The van der Waals surface area contributed by atoms with Gasteiger partial charge in [0.05, 0.1) is 11.9 Å². The number of halogens is 2. The maximum Gasteiger partial charge on any atom is 0.244 e. The molecule has 0 heterocycles. The van der Waals surface area contributed by atoms with Crippen molar-refractivity contribution >= 4 is 50.1 Å².